The van der Waals surface area contributed by atoms with Crippen LogP contribution in [-0.2, 0) is 9.73 Å². The average Bonchev–Trinajstić information content (AvgIpc) is 1.62. The van der Waals surface area contributed by atoms with Crippen LogP contribution < -0.4 is 0 Å². The van der Waals surface area contributed by atoms with E-state index >= 15 is 0 Å². The molecule has 0 fully saturated rings. The van der Waals surface area contributed by atoms with Crippen molar-refractivity contribution in [3.63, 3.8) is 0 Å². The molecular weight excluding hydrogens is 134 g/mol. The Morgan fingerprint density at radius 2 is 2.11 bits per heavy atom. The summed E-state index contributed by atoms with van der Waals surface area (Å²) in [6.45, 7) is 4.08. The molecule has 0 bridgehead atoms. The van der Waals surface area contributed by atoms with E-state index in [4.69, 9.17) is 4.78 Å². The molecule has 3 heteroatoms. The van der Waals surface area contributed by atoms with Gasteiger partial charge in [0.25, 0.3) is 0 Å². The van der Waals surface area contributed by atoms with Crippen LogP contribution in [0.25, 0.3) is 0 Å². The van der Waals surface area contributed by atoms with E-state index in [2.05, 4.69) is 6.92 Å². The Balaban J connectivity index is 3.75. The highest BCUT2D eigenvalue weighted by Gasteiger charge is 2.03. The number of hydrogen-bond donors (Lipinski definition) is 1. The van der Waals surface area contributed by atoms with E-state index in [1.165, 1.54) is 6.26 Å². The van der Waals surface area contributed by atoms with Crippen molar-refractivity contribution < 1.29 is 4.21 Å². The maximum Gasteiger partial charge on any atom is 0.0414 e. The summed E-state index contributed by atoms with van der Waals surface area (Å²) in [5.41, 5.74) is 0. The van der Waals surface area contributed by atoms with Crippen LogP contribution in [0.1, 0.15) is 20.3 Å². The van der Waals surface area contributed by atoms with Gasteiger partial charge in [-0.2, -0.15) is 0 Å². The van der Waals surface area contributed by atoms with Gasteiger partial charge in [0.15, 0.2) is 0 Å². The fourth-order valence-corrected chi connectivity index (χ4v) is 1.98. The highest BCUT2D eigenvalue weighted by molar-refractivity contribution is 7.91. The minimum Gasteiger partial charge on any atom is -0.253 e. The average molecular weight is 149 g/mol. The highest BCUT2D eigenvalue weighted by Crippen LogP contribution is 2.03. The van der Waals surface area contributed by atoms with E-state index in [0.717, 1.165) is 6.42 Å². The SMILES string of the molecule is CC[C@@H](C)C[S@](C)(=N)=O. The predicted octanol–water partition coefficient (Wildman–Crippen LogP) is 1.71. The second kappa shape index (κ2) is 3.20. The molecule has 0 aromatic rings. The van der Waals surface area contributed by atoms with Crippen LogP contribution >= 0.6 is 0 Å². The zero-order valence-corrected chi connectivity index (χ0v) is 7.12. The van der Waals surface area contributed by atoms with Crippen molar-refractivity contribution in [2.45, 2.75) is 20.3 Å². The molecule has 1 N–H and O–H groups in total. The molecule has 9 heavy (non-hydrogen) atoms. The van der Waals surface area contributed by atoms with Crippen LogP contribution in [0, 0.1) is 10.7 Å². The van der Waals surface area contributed by atoms with Crippen molar-refractivity contribution in [1.82, 2.24) is 0 Å². The van der Waals surface area contributed by atoms with Crippen molar-refractivity contribution >= 4 is 9.73 Å². The van der Waals surface area contributed by atoms with Gasteiger partial charge in [0, 0.05) is 21.7 Å². The molecule has 0 aliphatic rings. The molecule has 56 valence electrons. The predicted molar refractivity (Wildman–Crippen MR) is 41.1 cm³/mol. The van der Waals surface area contributed by atoms with Crippen LogP contribution in [0.3, 0.4) is 0 Å². The van der Waals surface area contributed by atoms with Gasteiger partial charge in [-0.05, 0) is 5.92 Å². The lowest BCUT2D eigenvalue weighted by Gasteiger charge is -2.06. The van der Waals surface area contributed by atoms with Gasteiger partial charge in [-0.15, -0.1) is 0 Å². The second-order valence-corrected chi connectivity index (χ2v) is 5.03. The van der Waals surface area contributed by atoms with Gasteiger partial charge in [-0.3, -0.25) is 8.99 Å². The van der Waals surface area contributed by atoms with E-state index in [0.29, 0.717) is 11.7 Å². The lowest BCUT2D eigenvalue weighted by Crippen LogP contribution is -2.09. The van der Waals surface area contributed by atoms with Gasteiger partial charge in [0.05, 0.1) is 0 Å². The van der Waals surface area contributed by atoms with Crippen LogP contribution in [0.4, 0.5) is 0 Å². The summed E-state index contributed by atoms with van der Waals surface area (Å²) in [7, 11) is -2.24. The van der Waals surface area contributed by atoms with E-state index in [9.17, 15) is 4.21 Å². The van der Waals surface area contributed by atoms with E-state index < -0.39 is 9.73 Å². The summed E-state index contributed by atoms with van der Waals surface area (Å²) in [6, 6.07) is 0. The summed E-state index contributed by atoms with van der Waals surface area (Å²) in [4.78, 5) is 0. The first kappa shape index (κ1) is 8.95. The molecule has 0 aromatic heterocycles. The number of rotatable bonds is 3. The topological polar surface area (TPSA) is 40.9 Å². The third-order valence-corrected chi connectivity index (χ3v) is 2.50. The second-order valence-electron chi connectivity index (χ2n) is 2.69. The summed E-state index contributed by atoms with van der Waals surface area (Å²) < 4.78 is 17.9. The van der Waals surface area contributed by atoms with Crippen molar-refractivity contribution in [2.75, 3.05) is 12.0 Å². The highest BCUT2D eigenvalue weighted by atomic mass is 32.2. The molecule has 0 radical (unpaired) electrons. The van der Waals surface area contributed by atoms with Crippen LogP contribution in [0.15, 0.2) is 0 Å². The van der Waals surface area contributed by atoms with Gasteiger partial charge >= 0.3 is 0 Å². The molecule has 0 spiro atoms. The van der Waals surface area contributed by atoms with E-state index in [1.807, 2.05) is 6.92 Å². The zero-order chi connectivity index (χ0) is 7.49. The lowest BCUT2D eigenvalue weighted by atomic mass is 10.2. The molecular formula is C6H15NOS. The standard InChI is InChI=1S/C6H15NOS/c1-4-6(2)5-9(3,7)8/h6-7H,4-5H2,1-3H3/t6-,9-/m1/s1. The minimum atomic E-state index is -2.24. The third-order valence-electron chi connectivity index (χ3n) is 1.30. The van der Waals surface area contributed by atoms with Crippen molar-refractivity contribution in [3.8, 4) is 0 Å². The van der Waals surface area contributed by atoms with Crippen LogP contribution in [0.5, 0.6) is 0 Å². The largest absolute Gasteiger partial charge is 0.253 e. The Bertz CT molecular complexity index is 160. The molecule has 0 rings (SSSR count). The van der Waals surface area contributed by atoms with Gasteiger partial charge < -0.3 is 0 Å². The molecule has 0 amide bonds. The molecule has 0 heterocycles. The number of nitrogens with one attached hydrogen (secondary N) is 1. The maximum atomic E-state index is 10.8. The maximum absolute atomic E-state index is 10.8. The van der Waals surface area contributed by atoms with E-state index in [1.54, 1.807) is 0 Å². The van der Waals surface area contributed by atoms with Crippen LogP contribution in [0.2, 0.25) is 0 Å². The van der Waals surface area contributed by atoms with Crippen molar-refractivity contribution in [3.05, 3.63) is 0 Å². The molecule has 0 aliphatic carbocycles. The molecule has 0 saturated carbocycles. The van der Waals surface area contributed by atoms with Gasteiger partial charge in [0.2, 0.25) is 0 Å². The summed E-state index contributed by atoms with van der Waals surface area (Å²) in [5, 5.41) is 0. The lowest BCUT2D eigenvalue weighted by molar-refractivity contribution is 0.613. The Kier molecular flexibility index (Phi) is 3.18. The minimum absolute atomic E-state index is 0.431. The molecule has 2 nitrogen and oxygen atoms in total. The molecule has 0 saturated heterocycles. The third kappa shape index (κ3) is 5.83. The van der Waals surface area contributed by atoms with Gasteiger partial charge in [-0.1, -0.05) is 20.3 Å². The Hall–Kier alpha value is -0.0500. The Labute approximate surface area is 57.6 Å². The summed E-state index contributed by atoms with van der Waals surface area (Å²) >= 11 is 0. The normalized spacial score (nSPS) is 20.8. The summed E-state index contributed by atoms with van der Waals surface area (Å²) in [5.74, 6) is 0.976. The smallest absolute Gasteiger partial charge is 0.0414 e. The van der Waals surface area contributed by atoms with Crippen LogP contribution in [-0.4, -0.2) is 16.2 Å². The first-order valence-corrected chi connectivity index (χ1v) is 5.30. The van der Waals surface area contributed by atoms with Gasteiger partial charge in [-0.25, -0.2) is 0 Å². The fraction of sp³-hybridized carbons (Fsp3) is 1.00. The van der Waals surface area contributed by atoms with Crippen molar-refractivity contribution in [2.24, 2.45) is 5.92 Å². The summed E-state index contributed by atoms with van der Waals surface area (Å²) in [6.07, 6.45) is 2.52. The quantitative estimate of drug-likeness (QED) is 0.652. The fourth-order valence-electron chi connectivity index (χ4n) is 0.661. The Morgan fingerprint density at radius 1 is 1.67 bits per heavy atom. The monoisotopic (exact) mass is 149 g/mol. The zero-order valence-electron chi connectivity index (χ0n) is 6.31. The first-order chi connectivity index (χ1) is 3.95. The molecule has 0 aliphatic heterocycles. The first-order valence-electron chi connectivity index (χ1n) is 3.17. The van der Waals surface area contributed by atoms with E-state index in [-0.39, 0.29) is 0 Å². The molecule has 0 aromatic carbocycles. The Morgan fingerprint density at radius 3 is 2.22 bits per heavy atom. The molecule has 0 unspecified atom stereocenters. The van der Waals surface area contributed by atoms with Gasteiger partial charge in [0.1, 0.15) is 0 Å². The number of hydrogen-bond acceptors (Lipinski definition) is 2. The molecule has 2 atom stereocenters. The van der Waals surface area contributed by atoms with Crippen molar-refractivity contribution in [1.29, 1.82) is 4.78 Å².